The Morgan fingerprint density at radius 1 is 0.852 bits per heavy atom. The van der Waals surface area contributed by atoms with Gasteiger partial charge in [-0.25, -0.2) is 0 Å². The molecular formula is C25H26O2. The lowest BCUT2D eigenvalue weighted by atomic mass is 9.69. The molecule has 138 valence electrons. The number of benzene rings is 3. The summed E-state index contributed by atoms with van der Waals surface area (Å²) in [4.78, 5) is 0. The van der Waals surface area contributed by atoms with E-state index in [1.165, 1.54) is 22.3 Å². The minimum absolute atomic E-state index is 0.345. The van der Waals surface area contributed by atoms with Crippen molar-refractivity contribution in [3.8, 4) is 11.5 Å². The second-order valence-electron chi connectivity index (χ2n) is 7.10. The highest BCUT2D eigenvalue weighted by Gasteiger charge is 2.32. The zero-order valence-electron chi connectivity index (χ0n) is 16.0. The van der Waals surface area contributed by atoms with E-state index in [9.17, 15) is 0 Å². The first-order chi connectivity index (χ1) is 13.3. The molecule has 0 aromatic heterocycles. The summed E-state index contributed by atoms with van der Waals surface area (Å²) in [5, 5.41) is 0. The largest absolute Gasteiger partial charge is 0.497 e. The van der Waals surface area contributed by atoms with Gasteiger partial charge in [-0.3, -0.25) is 0 Å². The summed E-state index contributed by atoms with van der Waals surface area (Å²) in [5.41, 5.74) is 5.58. The van der Waals surface area contributed by atoms with E-state index in [0.29, 0.717) is 18.4 Å². The van der Waals surface area contributed by atoms with Gasteiger partial charge in [-0.05, 0) is 72.2 Å². The van der Waals surface area contributed by atoms with Crippen LogP contribution in [0.25, 0.3) is 0 Å². The van der Waals surface area contributed by atoms with Gasteiger partial charge in [0.05, 0.1) is 13.7 Å². The van der Waals surface area contributed by atoms with Gasteiger partial charge in [0.15, 0.2) is 0 Å². The van der Waals surface area contributed by atoms with Crippen molar-refractivity contribution in [2.45, 2.75) is 31.6 Å². The molecule has 0 heterocycles. The molecule has 0 saturated carbocycles. The van der Waals surface area contributed by atoms with E-state index >= 15 is 0 Å². The number of ether oxygens (including phenoxy) is 2. The fourth-order valence-electron chi connectivity index (χ4n) is 4.33. The highest BCUT2D eigenvalue weighted by molar-refractivity contribution is 5.48. The molecule has 2 atom stereocenters. The van der Waals surface area contributed by atoms with Crippen LogP contribution in [0.15, 0.2) is 72.8 Å². The molecule has 0 N–H and O–H groups in total. The third kappa shape index (κ3) is 3.57. The first-order valence-electron chi connectivity index (χ1n) is 9.74. The Bertz CT molecular complexity index is 884. The third-order valence-corrected chi connectivity index (χ3v) is 5.59. The maximum atomic E-state index is 5.64. The Balaban J connectivity index is 1.79. The van der Waals surface area contributed by atoms with Crippen LogP contribution in [0.4, 0.5) is 0 Å². The summed E-state index contributed by atoms with van der Waals surface area (Å²) < 4.78 is 11.1. The first-order valence-corrected chi connectivity index (χ1v) is 9.74. The van der Waals surface area contributed by atoms with Crippen molar-refractivity contribution in [1.29, 1.82) is 0 Å². The van der Waals surface area contributed by atoms with Gasteiger partial charge in [0, 0.05) is 5.92 Å². The van der Waals surface area contributed by atoms with Crippen molar-refractivity contribution in [2.75, 3.05) is 13.7 Å². The van der Waals surface area contributed by atoms with Crippen LogP contribution in [-0.4, -0.2) is 13.7 Å². The fraction of sp³-hybridized carbons (Fsp3) is 0.280. The molecule has 0 bridgehead atoms. The molecule has 1 aliphatic rings. The molecule has 2 nitrogen and oxygen atoms in total. The topological polar surface area (TPSA) is 18.5 Å². The Hall–Kier alpha value is -2.74. The summed E-state index contributed by atoms with van der Waals surface area (Å²) in [5.74, 6) is 2.70. The normalized spacial score (nSPS) is 18.6. The van der Waals surface area contributed by atoms with Gasteiger partial charge in [-0.15, -0.1) is 0 Å². The van der Waals surface area contributed by atoms with E-state index in [1.807, 2.05) is 6.92 Å². The molecule has 0 fully saturated rings. The lowest BCUT2D eigenvalue weighted by Crippen LogP contribution is -2.20. The Morgan fingerprint density at radius 2 is 1.59 bits per heavy atom. The van der Waals surface area contributed by atoms with Crippen LogP contribution in [-0.2, 0) is 6.42 Å². The molecule has 2 unspecified atom stereocenters. The second-order valence-corrected chi connectivity index (χ2v) is 7.10. The monoisotopic (exact) mass is 358 g/mol. The second kappa shape index (κ2) is 7.87. The van der Waals surface area contributed by atoms with E-state index in [4.69, 9.17) is 9.47 Å². The molecule has 0 aliphatic heterocycles. The molecule has 2 heteroatoms. The molecule has 27 heavy (non-hydrogen) atoms. The number of aryl methyl sites for hydroxylation is 1. The van der Waals surface area contributed by atoms with Gasteiger partial charge >= 0.3 is 0 Å². The molecule has 0 spiro atoms. The van der Waals surface area contributed by atoms with Crippen LogP contribution in [0.5, 0.6) is 11.5 Å². The van der Waals surface area contributed by atoms with Gasteiger partial charge in [-0.2, -0.15) is 0 Å². The van der Waals surface area contributed by atoms with Crippen molar-refractivity contribution in [2.24, 2.45) is 0 Å². The van der Waals surface area contributed by atoms with Crippen molar-refractivity contribution >= 4 is 0 Å². The van der Waals surface area contributed by atoms with Crippen molar-refractivity contribution in [1.82, 2.24) is 0 Å². The SMILES string of the molecule is CCOc1ccc(C2c3ccc(OC)cc3CCC2c2ccccc2)cc1. The zero-order chi connectivity index (χ0) is 18.6. The lowest BCUT2D eigenvalue weighted by Gasteiger charge is -2.35. The number of methoxy groups -OCH3 is 1. The van der Waals surface area contributed by atoms with E-state index in [1.54, 1.807) is 7.11 Å². The average Bonchev–Trinajstić information content (AvgIpc) is 2.74. The fourth-order valence-corrected chi connectivity index (χ4v) is 4.33. The summed E-state index contributed by atoms with van der Waals surface area (Å²) in [6, 6.07) is 26.1. The highest BCUT2D eigenvalue weighted by Crippen LogP contribution is 2.47. The molecule has 0 amide bonds. The van der Waals surface area contributed by atoms with Crippen LogP contribution in [0, 0.1) is 0 Å². The first kappa shape index (κ1) is 17.7. The number of hydrogen-bond acceptors (Lipinski definition) is 2. The van der Waals surface area contributed by atoms with E-state index < -0.39 is 0 Å². The lowest BCUT2D eigenvalue weighted by molar-refractivity contribution is 0.340. The van der Waals surface area contributed by atoms with E-state index in [0.717, 1.165) is 24.3 Å². The summed E-state index contributed by atoms with van der Waals surface area (Å²) in [6.07, 6.45) is 2.22. The Morgan fingerprint density at radius 3 is 2.30 bits per heavy atom. The summed E-state index contributed by atoms with van der Waals surface area (Å²) >= 11 is 0. The average molecular weight is 358 g/mol. The standard InChI is InChI=1S/C25H26O2/c1-3-27-21-12-9-19(10-13-21)25-23(18-7-5-4-6-8-18)15-11-20-17-22(26-2)14-16-24(20)25/h4-10,12-14,16-17,23,25H,3,11,15H2,1-2H3. The molecule has 0 radical (unpaired) electrons. The zero-order valence-corrected chi connectivity index (χ0v) is 16.0. The Labute approximate surface area is 161 Å². The minimum Gasteiger partial charge on any atom is -0.497 e. The molecule has 3 aromatic carbocycles. The van der Waals surface area contributed by atoms with Gasteiger partial charge in [0.1, 0.15) is 11.5 Å². The number of hydrogen-bond donors (Lipinski definition) is 0. The van der Waals surface area contributed by atoms with Gasteiger partial charge in [-0.1, -0.05) is 48.5 Å². The van der Waals surface area contributed by atoms with Gasteiger partial charge < -0.3 is 9.47 Å². The van der Waals surface area contributed by atoms with Crippen molar-refractivity contribution in [3.05, 3.63) is 95.1 Å². The quantitative estimate of drug-likeness (QED) is 0.560. The molecular weight excluding hydrogens is 332 g/mol. The maximum Gasteiger partial charge on any atom is 0.119 e. The highest BCUT2D eigenvalue weighted by atomic mass is 16.5. The minimum atomic E-state index is 0.345. The van der Waals surface area contributed by atoms with Crippen LogP contribution in [0.2, 0.25) is 0 Å². The predicted octanol–water partition coefficient (Wildman–Crippen LogP) is 5.96. The maximum absolute atomic E-state index is 5.64. The van der Waals surface area contributed by atoms with Crippen molar-refractivity contribution in [3.63, 3.8) is 0 Å². The van der Waals surface area contributed by atoms with Crippen molar-refractivity contribution < 1.29 is 9.47 Å². The van der Waals surface area contributed by atoms with Gasteiger partial charge in [0.25, 0.3) is 0 Å². The molecule has 1 aliphatic carbocycles. The van der Waals surface area contributed by atoms with E-state index in [-0.39, 0.29) is 0 Å². The van der Waals surface area contributed by atoms with E-state index in [2.05, 4.69) is 72.8 Å². The summed E-state index contributed by atoms with van der Waals surface area (Å²) in [7, 11) is 1.74. The predicted molar refractivity (Wildman–Crippen MR) is 110 cm³/mol. The van der Waals surface area contributed by atoms with Crippen LogP contribution in [0.1, 0.15) is 47.4 Å². The Kier molecular flexibility index (Phi) is 5.15. The third-order valence-electron chi connectivity index (χ3n) is 5.59. The molecule has 4 rings (SSSR count). The molecule has 0 saturated heterocycles. The van der Waals surface area contributed by atoms with Crippen LogP contribution < -0.4 is 9.47 Å². The number of fused-ring (bicyclic) bond motifs is 1. The van der Waals surface area contributed by atoms with Crippen LogP contribution >= 0.6 is 0 Å². The summed E-state index contributed by atoms with van der Waals surface area (Å²) in [6.45, 7) is 2.71. The molecule has 3 aromatic rings. The van der Waals surface area contributed by atoms with Crippen LogP contribution in [0.3, 0.4) is 0 Å². The smallest absolute Gasteiger partial charge is 0.119 e. The number of rotatable bonds is 5. The van der Waals surface area contributed by atoms with Gasteiger partial charge in [0.2, 0.25) is 0 Å².